The molecule has 0 atom stereocenters. The maximum absolute atomic E-state index is 11.9. The Hall–Kier alpha value is -1.39. The van der Waals surface area contributed by atoms with Crippen molar-refractivity contribution in [2.45, 2.75) is 19.8 Å². The zero-order valence-electron chi connectivity index (χ0n) is 9.94. The number of halogens is 1. The third-order valence-corrected chi connectivity index (χ3v) is 4.09. The molecule has 1 heterocycles. The van der Waals surface area contributed by atoms with E-state index >= 15 is 0 Å². The van der Waals surface area contributed by atoms with Crippen LogP contribution in [0.5, 0.6) is 0 Å². The third kappa shape index (κ3) is 2.71. The van der Waals surface area contributed by atoms with Gasteiger partial charge in [0.15, 0.2) is 0 Å². The molecule has 5 heteroatoms. The van der Waals surface area contributed by atoms with Gasteiger partial charge in [-0.15, -0.1) is 11.3 Å². The van der Waals surface area contributed by atoms with E-state index in [1.807, 2.05) is 24.3 Å². The molecule has 3 nitrogen and oxygen atoms in total. The molecule has 0 unspecified atom stereocenters. The second-order valence-electron chi connectivity index (χ2n) is 3.78. The number of unbranched alkanes of at least 4 members (excludes halogenated alkanes) is 1. The second-order valence-corrected chi connectivity index (χ2v) is 5.21. The first-order chi connectivity index (χ1) is 8.74. The van der Waals surface area contributed by atoms with Crippen LogP contribution in [0.25, 0.3) is 10.1 Å². The topological polar surface area (TPSA) is 41.5 Å². The molecule has 0 bridgehead atoms. The average molecular weight is 281 g/mol. The van der Waals surface area contributed by atoms with Crippen LogP contribution in [0.2, 0.25) is 5.02 Å². The fourth-order valence-electron chi connectivity index (χ4n) is 1.51. The van der Waals surface area contributed by atoms with Crippen LogP contribution in [0.15, 0.2) is 29.4 Å². The van der Waals surface area contributed by atoms with Crippen LogP contribution >= 0.6 is 22.9 Å². The van der Waals surface area contributed by atoms with Crippen molar-refractivity contribution < 1.29 is 4.79 Å². The largest absolute Gasteiger partial charge is 0.282 e. The van der Waals surface area contributed by atoms with Gasteiger partial charge in [0.25, 0.3) is 5.91 Å². The van der Waals surface area contributed by atoms with E-state index in [9.17, 15) is 4.79 Å². The molecule has 0 fully saturated rings. The molecular formula is C13H13ClN2OS. The number of nitrogens with one attached hydrogen (secondary N) is 1. The lowest BCUT2D eigenvalue weighted by atomic mass is 10.2. The molecule has 0 aliphatic rings. The van der Waals surface area contributed by atoms with Crippen molar-refractivity contribution in [3.05, 3.63) is 34.2 Å². The van der Waals surface area contributed by atoms with Crippen LogP contribution in [0.1, 0.15) is 29.4 Å². The normalized spacial score (nSPS) is 11.2. The number of carbonyl (C=O) groups excluding carboxylic acids is 1. The molecule has 0 aliphatic heterocycles. The van der Waals surface area contributed by atoms with E-state index in [0.717, 1.165) is 22.9 Å². The fraction of sp³-hybridized carbons (Fsp3) is 0.231. The maximum Gasteiger partial charge on any atom is 0.282 e. The summed E-state index contributed by atoms with van der Waals surface area (Å²) in [6.45, 7) is 2.05. The number of benzene rings is 1. The highest BCUT2D eigenvalue weighted by Gasteiger charge is 2.16. The highest BCUT2D eigenvalue weighted by atomic mass is 35.5. The van der Waals surface area contributed by atoms with E-state index in [0.29, 0.717) is 9.90 Å². The predicted octanol–water partition coefficient (Wildman–Crippen LogP) is 4.07. The summed E-state index contributed by atoms with van der Waals surface area (Å²) in [5.74, 6) is -0.256. The van der Waals surface area contributed by atoms with E-state index < -0.39 is 0 Å². The molecule has 1 aromatic heterocycles. The molecule has 0 saturated carbocycles. The van der Waals surface area contributed by atoms with Gasteiger partial charge in [-0.2, -0.15) is 5.10 Å². The van der Waals surface area contributed by atoms with E-state index in [1.54, 1.807) is 6.21 Å². The predicted molar refractivity (Wildman–Crippen MR) is 77.7 cm³/mol. The highest BCUT2D eigenvalue weighted by molar-refractivity contribution is 7.21. The number of rotatable bonds is 4. The summed E-state index contributed by atoms with van der Waals surface area (Å²) in [7, 11) is 0. The Balaban J connectivity index is 2.20. The Morgan fingerprint density at radius 1 is 1.50 bits per heavy atom. The van der Waals surface area contributed by atoms with Crippen molar-refractivity contribution >= 4 is 45.1 Å². The second kappa shape index (κ2) is 5.98. The van der Waals surface area contributed by atoms with Crippen molar-refractivity contribution in [3.8, 4) is 0 Å². The summed E-state index contributed by atoms with van der Waals surface area (Å²) < 4.78 is 1.00. The van der Waals surface area contributed by atoms with Gasteiger partial charge in [0, 0.05) is 16.3 Å². The number of hydrazone groups is 1. The number of hydrogen-bond acceptors (Lipinski definition) is 3. The molecule has 2 aromatic rings. The minimum absolute atomic E-state index is 0.256. The number of hydrogen-bond donors (Lipinski definition) is 1. The summed E-state index contributed by atoms with van der Waals surface area (Å²) in [5.41, 5.74) is 2.49. The van der Waals surface area contributed by atoms with Crippen LogP contribution in [0.4, 0.5) is 0 Å². The standard InChI is InChI=1S/C13H13ClN2OS/c1-2-3-8-15-16-13(17)12-11(14)9-6-4-5-7-10(9)18-12/h4-8H,2-3H2,1H3,(H,16,17). The van der Waals surface area contributed by atoms with Crippen molar-refractivity contribution in [1.82, 2.24) is 5.43 Å². The van der Waals surface area contributed by atoms with E-state index in [4.69, 9.17) is 11.6 Å². The number of fused-ring (bicyclic) bond motifs is 1. The van der Waals surface area contributed by atoms with Gasteiger partial charge >= 0.3 is 0 Å². The molecule has 18 heavy (non-hydrogen) atoms. The SMILES string of the molecule is CCCC=NNC(=O)c1sc2ccccc2c1Cl. The highest BCUT2D eigenvalue weighted by Crippen LogP contribution is 2.34. The van der Waals surface area contributed by atoms with Gasteiger partial charge in [0.2, 0.25) is 0 Å². The van der Waals surface area contributed by atoms with Crippen molar-refractivity contribution in [2.24, 2.45) is 5.10 Å². The molecular weight excluding hydrogens is 268 g/mol. The van der Waals surface area contributed by atoms with E-state index in [1.165, 1.54) is 11.3 Å². The smallest absolute Gasteiger partial charge is 0.266 e. The van der Waals surface area contributed by atoms with E-state index in [2.05, 4.69) is 17.5 Å². The molecule has 2 rings (SSSR count). The van der Waals surface area contributed by atoms with Gasteiger partial charge in [-0.05, 0) is 12.5 Å². The number of amides is 1. The zero-order valence-corrected chi connectivity index (χ0v) is 11.5. The monoisotopic (exact) mass is 280 g/mol. The summed E-state index contributed by atoms with van der Waals surface area (Å²) in [6.07, 6.45) is 3.54. The molecule has 0 saturated heterocycles. The van der Waals surface area contributed by atoms with E-state index in [-0.39, 0.29) is 5.91 Å². The lowest BCUT2D eigenvalue weighted by Gasteiger charge is -1.96. The average Bonchev–Trinajstić information content (AvgIpc) is 2.73. The Kier molecular flexibility index (Phi) is 4.33. The first-order valence-corrected chi connectivity index (χ1v) is 6.92. The van der Waals surface area contributed by atoms with Gasteiger partial charge < -0.3 is 0 Å². The number of nitrogens with zero attached hydrogens (tertiary/aromatic N) is 1. The quantitative estimate of drug-likeness (QED) is 0.666. The molecule has 1 amide bonds. The molecule has 1 aromatic carbocycles. The fourth-order valence-corrected chi connectivity index (χ4v) is 2.92. The van der Waals surface area contributed by atoms with Crippen molar-refractivity contribution in [3.63, 3.8) is 0 Å². The van der Waals surface area contributed by atoms with Gasteiger partial charge in [-0.1, -0.05) is 43.1 Å². The summed E-state index contributed by atoms with van der Waals surface area (Å²) >= 11 is 7.57. The summed E-state index contributed by atoms with van der Waals surface area (Å²) in [4.78, 5) is 12.4. The Morgan fingerprint density at radius 3 is 3.00 bits per heavy atom. The Morgan fingerprint density at radius 2 is 2.28 bits per heavy atom. The number of thiophene rings is 1. The Labute approximate surface area is 114 Å². The van der Waals surface area contributed by atoms with Crippen LogP contribution in [-0.2, 0) is 0 Å². The first-order valence-electron chi connectivity index (χ1n) is 5.73. The van der Waals surface area contributed by atoms with Gasteiger partial charge in [0.05, 0.1) is 5.02 Å². The minimum atomic E-state index is -0.256. The molecule has 0 aliphatic carbocycles. The van der Waals surface area contributed by atoms with Gasteiger partial charge in [-0.3, -0.25) is 4.79 Å². The molecule has 0 spiro atoms. The maximum atomic E-state index is 11.9. The van der Waals surface area contributed by atoms with Gasteiger partial charge in [0.1, 0.15) is 4.88 Å². The Bertz CT molecular complexity index is 592. The summed E-state index contributed by atoms with van der Waals surface area (Å²) in [6, 6.07) is 7.69. The molecule has 94 valence electrons. The lowest BCUT2D eigenvalue weighted by molar-refractivity contribution is 0.0959. The molecule has 1 N–H and O–H groups in total. The van der Waals surface area contributed by atoms with Crippen LogP contribution in [-0.4, -0.2) is 12.1 Å². The van der Waals surface area contributed by atoms with Crippen LogP contribution in [0, 0.1) is 0 Å². The van der Waals surface area contributed by atoms with Crippen molar-refractivity contribution in [2.75, 3.05) is 0 Å². The van der Waals surface area contributed by atoms with Crippen molar-refractivity contribution in [1.29, 1.82) is 0 Å². The summed E-state index contributed by atoms with van der Waals surface area (Å²) in [5, 5.41) is 5.28. The number of carbonyl (C=O) groups is 1. The first kappa shape index (κ1) is 13.1. The minimum Gasteiger partial charge on any atom is -0.266 e. The third-order valence-electron chi connectivity index (χ3n) is 2.42. The van der Waals surface area contributed by atoms with Gasteiger partial charge in [-0.25, -0.2) is 5.43 Å². The van der Waals surface area contributed by atoms with Crippen LogP contribution < -0.4 is 5.43 Å². The van der Waals surface area contributed by atoms with Crippen LogP contribution in [0.3, 0.4) is 0 Å². The lowest BCUT2D eigenvalue weighted by Crippen LogP contribution is -2.16. The molecule has 0 radical (unpaired) electrons. The zero-order chi connectivity index (χ0) is 13.0.